The summed E-state index contributed by atoms with van der Waals surface area (Å²) in [7, 11) is 0. The molecule has 0 atom stereocenters. The summed E-state index contributed by atoms with van der Waals surface area (Å²) in [6.45, 7) is 6.41. The van der Waals surface area contributed by atoms with Gasteiger partial charge in [0.05, 0.1) is 17.6 Å². The molecule has 0 saturated heterocycles. The Morgan fingerprint density at radius 2 is 2.00 bits per heavy atom. The minimum Gasteiger partial charge on any atom is -0.330 e. The molecule has 0 bridgehead atoms. The van der Waals surface area contributed by atoms with E-state index in [-0.39, 0.29) is 5.54 Å². The molecule has 2 rings (SSSR count). The van der Waals surface area contributed by atoms with Crippen molar-refractivity contribution in [3.8, 4) is 0 Å². The van der Waals surface area contributed by atoms with Crippen LogP contribution >= 0.6 is 0 Å². The van der Waals surface area contributed by atoms with Gasteiger partial charge in [-0.25, -0.2) is 4.98 Å². The van der Waals surface area contributed by atoms with Gasteiger partial charge in [-0.15, -0.1) is 0 Å². The van der Waals surface area contributed by atoms with E-state index in [9.17, 15) is 0 Å². The highest BCUT2D eigenvalue weighted by atomic mass is 15.1. The Balaban J connectivity index is 2.04. The van der Waals surface area contributed by atoms with Crippen LogP contribution < -0.4 is 5.73 Å². The van der Waals surface area contributed by atoms with Gasteiger partial charge in [0.25, 0.3) is 0 Å². The van der Waals surface area contributed by atoms with Crippen LogP contribution in [0.15, 0.2) is 12.5 Å². The number of hydrogen-bond acceptors (Lipinski definition) is 2. The maximum atomic E-state index is 6.22. The van der Waals surface area contributed by atoms with Gasteiger partial charge in [0.1, 0.15) is 0 Å². The van der Waals surface area contributed by atoms with Crippen molar-refractivity contribution in [2.45, 2.75) is 70.9 Å². The molecule has 3 heteroatoms. The predicted molar refractivity (Wildman–Crippen MR) is 75.3 cm³/mol. The number of aromatic nitrogens is 2. The Morgan fingerprint density at radius 3 is 2.56 bits per heavy atom. The van der Waals surface area contributed by atoms with Crippen molar-refractivity contribution in [1.29, 1.82) is 0 Å². The van der Waals surface area contributed by atoms with Crippen molar-refractivity contribution in [2.24, 2.45) is 11.7 Å². The number of imidazole rings is 1. The van der Waals surface area contributed by atoms with Gasteiger partial charge >= 0.3 is 0 Å². The zero-order valence-electron chi connectivity index (χ0n) is 12.0. The average Bonchev–Trinajstić information content (AvgIpc) is 2.79. The van der Waals surface area contributed by atoms with Crippen LogP contribution in [0.25, 0.3) is 0 Å². The van der Waals surface area contributed by atoms with Crippen molar-refractivity contribution >= 4 is 0 Å². The molecule has 102 valence electrons. The second-order valence-electron chi connectivity index (χ2n) is 6.37. The molecule has 0 aromatic carbocycles. The second-order valence-corrected chi connectivity index (χ2v) is 6.37. The van der Waals surface area contributed by atoms with Crippen molar-refractivity contribution in [3.05, 3.63) is 18.2 Å². The topological polar surface area (TPSA) is 43.8 Å². The Morgan fingerprint density at radius 1 is 1.33 bits per heavy atom. The first kappa shape index (κ1) is 13.6. The molecule has 0 aliphatic heterocycles. The molecule has 1 aliphatic carbocycles. The molecule has 18 heavy (non-hydrogen) atoms. The Hall–Kier alpha value is -0.830. The van der Waals surface area contributed by atoms with E-state index in [1.165, 1.54) is 44.2 Å². The van der Waals surface area contributed by atoms with E-state index >= 15 is 0 Å². The molecule has 1 aromatic rings. The molecule has 2 N–H and O–H groups in total. The van der Waals surface area contributed by atoms with Crippen molar-refractivity contribution in [2.75, 3.05) is 0 Å². The first-order chi connectivity index (χ1) is 8.52. The van der Waals surface area contributed by atoms with Crippen LogP contribution in [-0.2, 0) is 5.54 Å². The highest BCUT2D eigenvalue weighted by Crippen LogP contribution is 2.36. The zero-order chi connectivity index (χ0) is 13.2. The van der Waals surface area contributed by atoms with Gasteiger partial charge in [-0.1, -0.05) is 19.8 Å². The normalized spacial score (nSPS) is 25.3. The highest BCUT2D eigenvalue weighted by Gasteiger charge is 2.26. The lowest BCUT2D eigenvalue weighted by molar-refractivity contribution is 0.254. The molecule has 3 nitrogen and oxygen atoms in total. The Labute approximate surface area is 111 Å². The molecular formula is C15H27N3. The van der Waals surface area contributed by atoms with Crippen LogP contribution in [0.3, 0.4) is 0 Å². The van der Waals surface area contributed by atoms with E-state index in [1.54, 1.807) is 0 Å². The molecule has 1 heterocycles. The summed E-state index contributed by atoms with van der Waals surface area (Å²) in [5, 5.41) is 0. The fourth-order valence-corrected chi connectivity index (χ4v) is 3.21. The zero-order valence-corrected chi connectivity index (χ0v) is 12.0. The molecule has 0 amide bonds. The van der Waals surface area contributed by atoms with E-state index in [2.05, 4.69) is 30.3 Å². The summed E-state index contributed by atoms with van der Waals surface area (Å²) in [5.74, 6) is 0.948. The highest BCUT2D eigenvalue weighted by molar-refractivity contribution is 5.11. The van der Waals surface area contributed by atoms with E-state index in [0.717, 1.165) is 5.92 Å². The fraction of sp³-hybridized carbons (Fsp3) is 0.800. The van der Waals surface area contributed by atoms with Gasteiger partial charge in [0.15, 0.2) is 0 Å². The van der Waals surface area contributed by atoms with Gasteiger partial charge in [0, 0.05) is 12.2 Å². The smallest absolute Gasteiger partial charge is 0.0951 e. The number of nitrogens with zero attached hydrogens (tertiary/aromatic N) is 2. The summed E-state index contributed by atoms with van der Waals surface area (Å²) < 4.78 is 2.32. The largest absolute Gasteiger partial charge is 0.330 e. The summed E-state index contributed by atoms with van der Waals surface area (Å²) in [6, 6.07) is 0.610. The molecule has 0 radical (unpaired) electrons. The molecule has 0 spiro atoms. The fourth-order valence-electron chi connectivity index (χ4n) is 3.21. The van der Waals surface area contributed by atoms with Crippen molar-refractivity contribution in [1.82, 2.24) is 9.55 Å². The van der Waals surface area contributed by atoms with Gasteiger partial charge in [-0.2, -0.15) is 0 Å². The molecule has 0 unspecified atom stereocenters. The standard InChI is InChI=1S/C15H27N3/c1-4-5-12-6-8-13(9-7-12)18-11-17-10-14(18)15(2,3)16/h10-13H,4-9,16H2,1-3H3. The number of rotatable bonds is 4. The monoisotopic (exact) mass is 249 g/mol. The number of nitrogens with two attached hydrogens (primary N) is 1. The Bertz CT molecular complexity index is 367. The SMILES string of the molecule is CCCC1CCC(n2cncc2C(C)(C)N)CC1. The summed E-state index contributed by atoms with van der Waals surface area (Å²) >= 11 is 0. The Kier molecular flexibility index (Phi) is 4.10. The average molecular weight is 249 g/mol. The third-order valence-corrected chi connectivity index (χ3v) is 4.23. The van der Waals surface area contributed by atoms with E-state index in [0.29, 0.717) is 6.04 Å². The van der Waals surface area contributed by atoms with Crippen LogP contribution in [-0.4, -0.2) is 9.55 Å². The van der Waals surface area contributed by atoms with Crippen molar-refractivity contribution in [3.63, 3.8) is 0 Å². The maximum absolute atomic E-state index is 6.22. The number of hydrogen-bond donors (Lipinski definition) is 1. The quantitative estimate of drug-likeness (QED) is 0.886. The molecular weight excluding hydrogens is 222 g/mol. The van der Waals surface area contributed by atoms with E-state index in [4.69, 9.17) is 5.73 Å². The van der Waals surface area contributed by atoms with E-state index < -0.39 is 0 Å². The predicted octanol–water partition coefficient (Wildman–Crippen LogP) is 3.61. The third-order valence-electron chi connectivity index (χ3n) is 4.23. The summed E-state index contributed by atoms with van der Waals surface area (Å²) in [4.78, 5) is 4.30. The molecule has 1 aromatic heterocycles. The summed E-state index contributed by atoms with van der Waals surface area (Å²) in [6.07, 6.45) is 11.9. The van der Waals surface area contributed by atoms with Crippen LogP contribution in [0.4, 0.5) is 0 Å². The minimum atomic E-state index is -0.295. The maximum Gasteiger partial charge on any atom is 0.0951 e. The van der Waals surface area contributed by atoms with Crippen LogP contribution in [0.5, 0.6) is 0 Å². The second kappa shape index (κ2) is 5.43. The molecule has 1 aliphatic rings. The summed E-state index contributed by atoms with van der Waals surface area (Å²) in [5.41, 5.74) is 7.10. The lowest BCUT2D eigenvalue weighted by Gasteiger charge is -2.32. The van der Waals surface area contributed by atoms with Gasteiger partial charge in [-0.05, 0) is 45.4 Å². The minimum absolute atomic E-state index is 0.295. The lowest BCUT2D eigenvalue weighted by atomic mass is 9.83. The first-order valence-electron chi connectivity index (χ1n) is 7.33. The third kappa shape index (κ3) is 2.94. The van der Waals surface area contributed by atoms with Crippen LogP contribution in [0, 0.1) is 5.92 Å². The van der Waals surface area contributed by atoms with Crippen molar-refractivity contribution < 1.29 is 0 Å². The van der Waals surface area contributed by atoms with Crippen LogP contribution in [0.2, 0.25) is 0 Å². The molecule has 1 fully saturated rings. The van der Waals surface area contributed by atoms with Gasteiger partial charge in [0.2, 0.25) is 0 Å². The van der Waals surface area contributed by atoms with Gasteiger partial charge < -0.3 is 10.3 Å². The van der Waals surface area contributed by atoms with Crippen LogP contribution in [0.1, 0.15) is 71.0 Å². The lowest BCUT2D eigenvalue weighted by Crippen LogP contribution is -2.33. The first-order valence-corrected chi connectivity index (χ1v) is 7.33. The van der Waals surface area contributed by atoms with Gasteiger partial charge in [-0.3, -0.25) is 0 Å². The molecule has 1 saturated carbocycles. The van der Waals surface area contributed by atoms with E-state index in [1.807, 2.05) is 12.5 Å².